The lowest BCUT2D eigenvalue weighted by Gasteiger charge is -2.19. The molecular formula is C16H21F2NO3. The molecule has 0 aromatic heterocycles. The number of halogens is 2. The summed E-state index contributed by atoms with van der Waals surface area (Å²) >= 11 is 0. The number of para-hydroxylation sites is 1. The second-order valence-electron chi connectivity index (χ2n) is 5.54. The molecule has 0 aliphatic heterocycles. The fourth-order valence-corrected chi connectivity index (χ4v) is 1.60. The second kappa shape index (κ2) is 8.36. The van der Waals surface area contributed by atoms with E-state index in [9.17, 15) is 13.6 Å². The molecule has 1 N–H and O–H groups in total. The number of nitrogens with one attached hydrogen (secondary N) is 1. The highest BCUT2D eigenvalue weighted by Gasteiger charge is 2.15. The maximum atomic E-state index is 12.3. The lowest BCUT2D eigenvalue weighted by atomic mass is 10.2. The third-order valence-electron chi connectivity index (χ3n) is 2.41. The first kappa shape index (κ1) is 17.9. The van der Waals surface area contributed by atoms with Gasteiger partial charge >= 0.3 is 12.7 Å². The summed E-state index contributed by atoms with van der Waals surface area (Å²) < 4.78 is 34.0. The number of carbonyl (C=O) groups excluding carboxylic acids is 1. The van der Waals surface area contributed by atoms with Gasteiger partial charge in [0, 0.05) is 12.1 Å². The van der Waals surface area contributed by atoms with Crippen LogP contribution in [0.15, 0.2) is 30.3 Å². The summed E-state index contributed by atoms with van der Waals surface area (Å²) in [6.45, 7) is 2.89. The average Bonchev–Trinajstić information content (AvgIpc) is 2.37. The van der Waals surface area contributed by atoms with Crippen molar-refractivity contribution >= 4 is 12.2 Å². The van der Waals surface area contributed by atoms with Gasteiger partial charge in [0.05, 0.1) is 0 Å². The Morgan fingerprint density at radius 2 is 2.00 bits per heavy atom. The first-order valence-corrected chi connectivity index (χ1v) is 6.95. The van der Waals surface area contributed by atoms with E-state index in [2.05, 4.69) is 10.1 Å². The Hall–Kier alpha value is -2.11. The van der Waals surface area contributed by atoms with Gasteiger partial charge in [0.2, 0.25) is 0 Å². The molecule has 4 nitrogen and oxygen atoms in total. The molecule has 0 fully saturated rings. The maximum absolute atomic E-state index is 12.3. The molecule has 22 heavy (non-hydrogen) atoms. The highest BCUT2D eigenvalue weighted by atomic mass is 19.3. The van der Waals surface area contributed by atoms with Crippen LogP contribution >= 0.6 is 0 Å². The van der Waals surface area contributed by atoms with Gasteiger partial charge < -0.3 is 14.8 Å². The van der Waals surface area contributed by atoms with Gasteiger partial charge in [-0.2, -0.15) is 8.78 Å². The molecule has 0 heterocycles. The first-order valence-electron chi connectivity index (χ1n) is 6.95. The predicted molar refractivity (Wildman–Crippen MR) is 81.0 cm³/mol. The largest absolute Gasteiger partial charge is 0.444 e. The summed E-state index contributed by atoms with van der Waals surface area (Å²) in [6, 6.07) is 6.51. The van der Waals surface area contributed by atoms with E-state index in [4.69, 9.17) is 4.74 Å². The van der Waals surface area contributed by atoms with Crippen LogP contribution in [0.25, 0.3) is 6.08 Å². The highest BCUT2D eigenvalue weighted by Crippen LogP contribution is 2.21. The van der Waals surface area contributed by atoms with Gasteiger partial charge in [0.1, 0.15) is 11.4 Å². The first-order chi connectivity index (χ1) is 10.3. The molecule has 6 heteroatoms. The standard InChI is InChI=1S/C16H21F2NO3/c1-16(2,3)22-15(20)19-11-7-6-9-12-8-4-5-10-13(12)21-14(17)18/h4-6,8-10,14H,7,11H2,1-3H3,(H,19,20). The Balaban J connectivity index is 2.42. The van der Waals surface area contributed by atoms with Crippen LogP contribution in [0.2, 0.25) is 0 Å². The summed E-state index contributed by atoms with van der Waals surface area (Å²) in [5.74, 6) is 0.119. The summed E-state index contributed by atoms with van der Waals surface area (Å²) in [4.78, 5) is 11.4. The molecule has 1 amide bonds. The summed E-state index contributed by atoms with van der Waals surface area (Å²) in [5.41, 5.74) is 0.0194. The van der Waals surface area contributed by atoms with Gasteiger partial charge in [-0.25, -0.2) is 4.79 Å². The molecule has 0 aliphatic carbocycles. The number of alkyl carbamates (subject to hydrolysis) is 1. The van der Waals surface area contributed by atoms with Crippen molar-refractivity contribution < 1.29 is 23.0 Å². The third kappa shape index (κ3) is 7.61. The minimum absolute atomic E-state index is 0.119. The molecule has 0 unspecified atom stereocenters. The number of ether oxygens (including phenoxy) is 2. The maximum Gasteiger partial charge on any atom is 0.407 e. The normalized spacial score (nSPS) is 11.7. The van der Waals surface area contributed by atoms with Crippen molar-refractivity contribution in [2.24, 2.45) is 0 Å². The van der Waals surface area contributed by atoms with Crippen molar-refractivity contribution in [3.8, 4) is 5.75 Å². The number of amides is 1. The van der Waals surface area contributed by atoms with E-state index >= 15 is 0 Å². The quantitative estimate of drug-likeness (QED) is 0.800. The molecule has 0 saturated heterocycles. The van der Waals surface area contributed by atoms with Gasteiger partial charge in [0.15, 0.2) is 0 Å². The zero-order valence-corrected chi connectivity index (χ0v) is 12.9. The summed E-state index contributed by atoms with van der Waals surface area (Å²) in [7, 11) is 0. The Kier molecular flexibility index (Phi) is 6.82. The monoisotopic (exact) mass is 313 g/mol. The van der Waals surface area contributed by atoms with Crippen LogP contribution in [-0.4, -0.2) is 24.9 Å². The molecule has 122 valence electrons. The third-order valence-corrected chi connectivity index (χ3v) is 2.41. The number of hydrogen-bond acceptors (Lipinski definition) is 3. The zero-order chi connectivity index (χ0) is 16.6. The SMILES string of the molecule is CC(C)(C)OC(=O)NCCC=Cc1ccccc1OC(F)F. The lowest BCUT2D eigenvalue weighted by molar-refractivity contribution is -0.0499. The van der Waals surface area contributed by atoms with Crippen LogP contribution in [0.1, 0.15) is 32.8 Å². The molecule has 1 aromatic carbocycles. The number of carbonyl (C=O) groups is 1. The lowest BCUT2D eigenvalue weighted by Crippen LogP contribution is -2.32. The highest BCUT2D eigenvalue weighted by molar-refractivity contribution is 5.67. The molecule has 1 aromatic rings. The average molecular weight is 313 g/mol. The van der Waals surface area contributed by atoms with Crippen LogP contribution in [0.4, 0.5) is 13.6 Å². The second-order valence-corrected chi connectivity index (χ2v) is 5.54. The minimum atomic E-state index is -2.86. The number of benzene rings is 1. The number of hydrogen-bond donors (Lipinski definition) is 1. The topological polar surface area (TPSA) is 47.6 Å². The Labute approximate surface area is 129 Å². The molecule has 0 saturated carbocycles. The molecule has 0 spiro atoms. The predicted octanol–water partition coefficient (Wildman–Crippen LogP) is 4.22. The van der Waals surface area contributed by atoms with Crippen molar-refractivity contribution in [1.82, 2.24) is 5.32 Å². The molecule has 0 atom stereocenters. The van der Waals surface area contributed by atoms with Crippen LogP contribution in [0, 0.1) is 0 Å². The molecule has 0 bridgehead atoms. The van der Waals surface area contributed by atoms with Crippen molar-refractivity contribution in [2.45, 2.75) is 39.4 Å². The van der Waals surface area contributed by atoms with E-state index in [0.717, 1.165) is 0 Å². The molecule has 0 radical (unpaired) electrons. The summed E-state index contributed by atoms with van der Waals surface area (Å²) in [6.07, 6.45) is 3.50. The van der Waals surface area contributed by atoms with Gasteiger partial charge in [0.25, 0.3) is 0 Å². The van der Waals surface area contributed by atoms with E-state index in [1.807, 2.05) is 0 Å². The van der Waals surface area contributed by atoms with E-state index < -0.39 is 18.3 Å². The van der Waals surface area contributed by atoms with Gasteiger partial charge in [-0.3, -0.25) is 0 Å². The van der Waals surface area contributed by atoms with Gasteiger partial charge in [-0.15, -0.1) is 0 Å². The van der Waals surface area contributed by atoms with Crippen LogP contribution in [0.5, 0.6) is 5.75 Å². The smallest absolute Gasteiger partial charge is 0.407 e. The van der Waals surface area contributed by atoms with Crippen LogP contribution in [-0.2, 0) is 4.74 Å². The Morgan fingerprint density at radius 3 is 2.64 bits per heavy atom. The Morgan fingerprint density at radius 1 is 1.32 bits per heavy atom. The van der Waals surface area contributed by atoms with Crippen molar-refractivity contribution in [2.75, 3.05) is 6.54 Å². The van der Waals surface area contributed by atoms with E-state index in [0.29, 0.717) is 18.5 Å². The van der Waals surface area contributed by atoms with Gasteiger partial charge in [-0.1, -0.05) is 30.4 Å². The van der Waals surface area contributed by atoms with Crippen LogP contribution < -0.4 is 10.1 Å². The molecule has 1 rings (SSSR count). The number of alkyl halides is 2. The van der Waals surface area contributed by atoms with Crippen molar-refractivity contribution in [3.63, 3.8) is 0 Å². The number of rotatable bonds is 6. The zero-order valence-electron chi connectivity index (χ0n) is 12.9. The molecule has 0 aliphatic rings. The Bertz CT molecular complexity index is 510. The fraction of sp³-hybridized carbons (Fsp3) is 0.438. The van der Waals surface area contributed by atoms with Gasteiger partial charge in [-0.05, 0) is 33.3 Å². The van der Waals surface area contributed by atoms with Crippen LogP contribution in [0.3, 0.4) is 0 Å². The van der Waals surface area contributed by atoms with E-state index in [1.165, 1.54) is 6.07 Å². The van der Waals surface area contributed by atoms with Crippen molar-refractivity contribution in [1.29, 1.82) is 0 Å². The summed E-state index contributed by atoms with van der Waals surface area (Å²) in [5, 5.41) is 2.61. The van der Waals surface area contributed by atoms with E-state index in [-0.39, 0.29) is 5.75 Å². The fourth-order valence-electron chi connectivity index (χ4n) is 1.60. The van der Waals surface area contributed by atoms with Crippen molar-refractivity contribution in [3.05, 3.63) is 35.9 Å². The minimum Gasteiger partial charge on any atom is -0.444 e. The molecular weight excluding hydrogens is 292 g/mol. The van der Waals surface area contributed by atoms with E-state index in [1.54, 1.807) is 51.1 Å².